The maximum absolute atomic E-state index is 12.1. The fourth-order valence-corrected chi connectivity index (χ4v) is 4.79. The number of ether oxygens (including phenoxy) is 1. The van der Waals surface area contributed by atoms with Gasteiger partial charge in [0, 0.05) is 30.6 Å². The predicted octanol–water partition coefficient (Wildman–Crippen LogP) is 5.88. The summed E-state index contributed by atoms with van der Waals surface area (Å²) in [6, 6.07) is 20.7. The average molecular weight is 563 g/mol. The van der Waals surface area contributed by atoms with Gasteiger partial charge in [-0.2, -0.15) is 0 Å². The van der Waals surface area contributed by atoms with Gasteiger partial charge in [-0.25, -0.2) is 22.9 Å². The lowest BCUT2D eigenvalue weighted by Gasteiger charge is -2.12. The van der Waals surface area contributed by atoms with Gasteiger partial charge in [0.15, 0.2) is 0 Å². The Bertz CT molecular complexity index is 1610. The van der Waals surface area contributed by atoms with E-state index in [-0.39, 0.29) is 11.7 Å². The SMILES string of the molecule is CCCCc1nc2cc(NC(=O)CCC)ccc2n1Cc1ccc(-c2ccccc2OC(=O)NS(C)(=O)=O)cc1. The minimum absolute atomic E-state index is 0.00409. The third kappa shape index (κ3) is 7.47. The molecule has 2 N–H and O–H groups in total. The monoisotopic (exact) mass is 562 g/mol. The molecule has 0 fully saturated rings. The van der Waals surface area contributed by atoms with Crippen molar-refractivity contribution >= 4 is 38.7 Å². The number of hydrogen-bond donors (Lipinski definition) is 2. The molecule has 0 atom stereocenters. The number of carbonyl (C=O) groups excluding carboxylic acids is 2. The van der Waals surface area contributed by atoms with E-state index in [2.05, 4.69) is 16.8 Å². The van der Waals surface area contributed by atoms with Crippen molar-refractivity contribution in [3.05, 3.63) is 78.1 Å². The standard InChI is InChI=1S/C30H34N4O5S/c1-4-6-12-28-32-25-19-23(31-29(35)9-5-2)17-18-26(25)34(28)20-21-13-15-22(16-14-21)24-10-7-8-11-27(24)39-30(36)33-40(3,37)38/h7-8,10-11,13-19H,4-6,9,12,20H2,1-3H3,(H,31,35)(H,33,36). The average Bonchev–Trinajstić information content (AvgIpc) is 3.23. The van der Waals surface area contributed by atoms with Crippen LogP contribution in [0.1, 0.15) is 50.9 Å². The van der Waals surface area contributed by atoms with Crippen LogP contribution in [0.2, 0.25) is 0 Å². The van der Waals surface area contributed by atoms with Crippen LogP contribution in [0.15, 0.2) is 66.7 Å². The summed E-state index contributed by atoms with van der Waals surface area (Å²) in [6.07, 6.45) is 4.02. The van der Waals surface area contributed by atoms with Crippen LogP contribution < -0.4 is 14.8 Å². The largest absolute Gasteiger partial charge is 0.426 e. The van der Waals surface area contributed by atoms with Crippen molar-refractivity contribution in [1.29, 1.82) is 0 Å². The van der Waals surface area contributed by atoms with E-state index in [0.29, 0.717) is 18.5 Å². The first-order valence-electron chi connectivity index (χ1n) is 13.3. The van der Waals surface area contributed by atoms with E-state index in [4.69, 9.17) is 9.72 Å². The second-order valence-corrected chi connectivity index (χ2v) is 11.4. The van der Waals surface area contributed by atoms with Gasteiger partial charge in [-0.05, 0) is 48.2 Å². The number of benzene rings is 3. The normalized spacial score (nSPS) is 11.4. The summed E-state index contributed by atoms with van der Waals surface area (Å²) in [7, 11) is -3.74. The van der Waals surface area contributed by atoms with Crippen LogP contribution in [0, 0.1) is 0 Å². The summed E-state index contributed by atoms with van der Waals surface area (Å²) in [5.41, 5.74) is 5.13. The van der Waals surface area contributed by atoms with E-state index in [1.807, 2.05) is 60.2 Å². The number of nitrogens with zero attached hydrogens (tertiary/aromatic N) is 2. The highest BCUT2D eigenvalue weighted by atomic mass is 32.2. The van der Waals surface area contributed by atoms with Crippen LogP contribution in [-0.4, -0.2) is 36.2 Å². The van der Waals surface area contributed by atoms with E-state index >= 15 is 0 Å². The number of rotatable bonds is 11. The molecule has 1 heterocycles. The number of para-hydroxylation sites is 1. The van der Waals surface area contributed by atoms with Crippen molar-refractivity contribution in [3.8, 4) is 16.9 Å². The summed E-state index contributed by atoms with van der Waals surface area (Å²) in [5.74, 6) is 1.24. The third-order valence-electron chi connectivity index (χ3n) is 6.31. The van der Waals surface area contributed by atoms with Crippen molar-refractivity contribution in [2.24, 2.45) is 0 Å². The molecule has 4 aromatic rings. The smallest absolute Gasteiger partial charge is 0.409 e. The topological polar surface area (TPSA) is 119 Å². The Morgan fingerprint density at radius 1 is 0.975 bits per heavy atom. The highest BCUT2D eigenvalue weighted by molar-refractivity contribution is 7.89. The van der Waals surface area contributed by atoms with Crippen molar-refractivity contribution in [2.75, 3.05) is 11.6 Å². The second-order valence-electron chi connectivity index (χ2n) is 9.68. The molecule has 4 rings (SSSR count). The van der Waals surface area contributed by atoms with Gasteiger partial charge in [0.2, 0.25) is 15.9 Å². The van der Waals surface area contributed by atoms with Gasteiger partial charge < -0.3 is 14.6 Å². The number of imidazole rings is 1. The van der Waals surface area contributed by atoms with Gasteiger partial charge in [0.1, 0.15) is 11.6 Å². The molecule has 0 aliphatic heterocycles. The Morgan fingerprint density at radius 3 is 2.42 bits per heavy atom. The molecule has 0 bridgehead atoms. The van der Waals surface area contributed by atoms with Crippen molar-refractivity contribution in [1.82, 2.24) is 14.3 Å². The number of aromatic nitrogens is 2. The molecule has 40 heavy (non-hydrogen) atoms. The maximum Gasteiger partial charge on any atom is 0.426 e. The summed E-state index contributed by atoms with van der Waals surface area (Å²) >= 11 is 0. The molecule has 9 nitrogen and oxygen atoms in total. The number of anilines is 1. The number of nitrogens with one attached hydrogen (secondary N) is 2. The zero-order valence-corrected chi connectivity index (χ0v) is 23.8. The lowest BCUT2D eigenvalue weighted by molar-refractivity contribution is -0.116. The quantitative estimate of drug-likeness (QED) is 0.236. The summed E-state index contributed by atoms with van der Waals surface area (Å²) in [6.45, 7) is 4.75. The molecule has 0 unspecified atom stereocenters. The van der Waals surface area contributed by atoms with E-state index in [0.717, 1.165) is 65.6 Å². The number of carbonyl (C=O) groups is 2. The summed E-state index contributed by atoms with van der Waals surface area (Å²) in [5, 5.41) is 2.95. The first-order chi connectivity index (χ1) is 19.2. The number of aryl methyl sites for hydroxylation is 1. The molecular weight excluding hydrogens is 528 g/mol. The molecule has 3 aromatic carbocycles. The van der Waals surface area contributed by atoms with Crippen molar-refractivity contribution in [2.45, 2.75) is 52.5 Å². The lowest BCUT2D eigenvalue weighted by atomic mass is 10.0. The van der Waals surface area contributed by atoms with Gasteiger partial charge in [-0.1, -0.05) is 62.7 Å². The molecule has 2 amide bonds. The van der Waals surface area contributed by atoms with Gasteiger partial charge in [0.25, 0.3) is 0 Å². The predicted molar refractivity (Wildman–Crippen MR) is 157 cm³/mol. The zero-order valence-electron chi connectivity index (χ0n) is 22.9. The van der Waals surface area contributed by atoms with E-state index in [1.54, 1.807) is 18.2 Å². The molecule has 0 aliphatic carbocycles. The van der Waals surface area contributed by atoms with Crippen LogP contribution in [0.3, 0.4) is 0 Å². The first kappa shape index (κ1) is 28.8. The van der Waals surface area contributed by atoms with Gasteiger partial charge in [0.05, 0.1) is 17.3 Å². The molecule has 0 spiro atoms. The highest BCUT2D eigenvalue weighted by Gasteiger charge is 2.15. The molecule has 1 aromatic heterocycles. The Kier molecular flexibility index (Phi) is 9.21. The van der Waals surface area contributed by atoms with E-state index in [1.165, 1.54) is 0 Å². The van der Waals surface area contributed by atoms with Crippen LogP contribution >= 0.6 is 0 Å². The van der Waals surface area contributed by atoms with E-state index < -0.39 is 16.1 Å². The molecule has 0 radical (unpaired) electrons. The molecule has 0 saturated carbocycles. The fourth-order valence-electron chi connectivity index (χ4n) is 4.45. The Morgan fingerprint density at radius 2 is 1.73 bits per heavy atom. The van der Waals surface area contributed by atoms with Gasteiger partial charge in [-0.15, -0.1) is 0 Å². The molecular formula is C30H34N4O5S. The highest BCUT2D eigenvalue weighted by Crippen LogP contribution is 2.31. The van der Waals surface area contributed by atoms with Crippen LogP contribution in [0.4, 0.5) is 10.5 Å². The zero-order chi connectivity index (χ0) is 28.7. The first-order valence-corrected chi connectivity index (χ1v) is 15.2. The Labute approximate surface area is 234 Å². The van der Waals surface area contributed by atoms with Crippen molar-refractivity contribution in [3.63, 3.8) is 0 Å². The maximum atomic E-state index is 12.1. The van der Waals surface area contributed by atoms with Crippen LogP contribution in [0.25, 0.3) is 22.2 Å². The summed E-state index contributed by atoms with van der Waals surface area (Å²) in [4.78, 5) is 29.0. The van der Waals surface area contributed by atoms with E-state index in [9.17, 15) is 18.0 Å². The third-order valence-corrected chi connectivity index (χ3v) is 6.84. The van der Waals surface area contributed by atoms with Crippen molar-refractivity contribution < 1.29 is 22.7 Å². The van der Waals surface area contributed by atoms with Gasteiger partial charge in [-0.3, -0.25) is 4.79 Å². The Hall–Kier alpha value is -4.18. The number of unbranched alkanes of at least 4 members (excludes halogenated alkanes) is 1. The lowest BCUT2D eigenvalue weighted by Crippen LogP contribution is -2.32. The van der Waals surface area contributed by atoms with Crippen LogP contribution in [0.5, 0.6) is 5.75 Å². The molecule has 10 heteroatoms. The van der Waals surface area contributed by atoms with Crippen LogP contribution in [-0.2, 0) is 27.8 Å². The minimum atomic E-state index is -3.74. The van der Waals surface area contributed by atoms with Gasteiger partial charge >= 0.3 is 6.09 Å². The molecule has 210 valence electrons. The number of amides is 2. The Balaban J connectivity index is 1.58. The number of fused-ring (bicyclic) bond motifs is 1. The minimum Gasteiger partial charge on any atom is -0.409 e. The summed E-state index contributed by atoms with van der Waals surface area (Å²) < 4.78 is 32.0. The molecule has 0 aliphatic rings. The fraction of sp³-hybridized carbons (Fsp3) is 0.300. The number of sulfonamides is 1. The second kappa shape index (κ2) is 12.8. The number of hydrogen-bond acceptors (Lipinski definition) is 6. The molecule has 0 saturated heterocycles.